The summed E-state index contributed by atoms with van der Waals surface area (Å²) in [6.07, 6.45) is 3.49. The summed E-state index contributed by atoms with van der Waals surface area (Å²) in [6, 6.07) is 8.76. The van der Waals surface area contributed by atoms with E-state index in [1.807, 2.05) is 30.3 Å². The number of hydrogen-bond acceptors (Lipinski definition) is 3. The molecule has 2 aliphatic rings. The van der Waals surface area contributed by atoms with Gasteiger partial charge in [0, 0.05) is 23.5 Å². The van der Waals surface area contributed by atoms with Gasteiger partial charge in [0.15, 0.2) is 0 Å². The smallest absolute Gasteiger partial charge is 0.326 e. The first-order valence-corrected chi connectivity index (χ1v) is 8.08. The van der Waals surface area contributed by atoms with Crippen LogP contribution in [0.2, 0.25) is 0 Å². The molecule has 1 aromatic heterocycles. The van der Waals surface area contributed by atoms with E-state index in [1.165, 1.54) is 4.90 Å². The molecule has 0 radical (unpaired) electrons. The quantitative estimate of drug-likeness (QED) is 0.946. The number of carboxylic acid groups (broad SMARTS) is 1. The van der Waals surface area contributed by atoms with Gasteiger partial charge in [-0.25, -0.2) is 4.79 Å². The van der Waals surface area contributed by atoms with Crippen LogP contribution in [0.3, 0.4) is 0 Å². The number of fused-ring (bicyclic) bond motifs is 1. The molecule has 23 heavy (non-hydrogen) atoms. The van der Waals surface area contributed by atoms with Gasteiger partial charge < -0.3 is 10.0 Å². The lowest BCUT2D eigenvalue weighted by Crippen LogP contribution is -2.40. The number of carbonyl (C=O) groups is 2. The Morgan fingerprint density at radius 2 is 1.96 bits per heavy atom. The Morgan fingerprint density at radius 1 is 1.17 bits per heavy atom. The Balaban J connectivity index is 1.80. The molecule has 5 heteroatoms. The van der Waals surface area contributed by atoms with Gasteiger partial charge in [0.25, 0.3) is 5.91 Å². The average molecular weight is 310 g/mol. The molecule has 0 spiro atoms. The number of benzene rings is 1. The van der Waals surface area contributed by atoms with E-state index in [2.05, 4.69) is 4.98 Å². The Kier molecular flexibility index (Phi) is 3.29. The number of aromatic nitrogens is 1. The molecule has 2 fully saturated rings. The molecule has 0 bridgehead atoms. The van der Waals surface area contributed by atoms with Gasteiger partial charge in [-0.3, -0.25) is 9.78 Å². The highest BCUT2D eigenvalue weighted by molar-refractivity contribution is 6.07. The molecular formula is C18H18N2O3. The van der Waals surface area contributed by atoms with Crippen LogP contribution in [-0.4, -0.2) is 39.5 Å². The molecule has 4 rings (SSSR count). The monoisotopic (exact) mass is 310 g/mol. The van der Waals surface area contributed by atoms with Gasteiger partial charge in [0.05, 0.1) is 11.1 Å². The zero-order valence-electron chi connectivity index (χ0n) is 12.7. The number of pyridine rings is 1. The van der Waals surface area contributed by atoms with E-state index < -0.39 is 12.0 Å². The van der Waals surface area contributed by atoms with Crippen molar-refractivity contribution in [1.29, 1.82) is 0 Å². The predicted molar refractivity (Wildman–Crippen MR) is 85.4 cm³/mol. The van der Waals surface area contributed by atoms with Crippen LogP contribution >= 0.6 is 0 Å². The molecule has 0 unspecified atom stereocenters. The lowest BCUT2D eigenvalue weighted by atomic mass is 10.0. The molecule has 1 aliphatic carbocycles. The number of carboxylic acids is 1. The average Bonchev–Trinajstić information content (AvgIpc) is 3.29. The third-order valence-corrected chi connectivity index (χ3v) is 4.76. The summed E-state index contributed by atoms with van der Waals surface area (Å²) in [7, 11) is 0. The van der Waals surface area contributed by atoms with Crippen molar-refractivity contribution in [3.8, 4) is 0 Å². The van der Waals surface area contributed by atoms with E-state index >= 15 is 0 Å². The SMILES string of the molecule is O=C(O)[C@H]1CCCN1C(=O)c1cc(C2CC2)nc2ccccc12. The number of nitrogens with zero attached hydrogens (tertiary/aromatic N) is 2. The summed E-state index contributed by atoms with van der Waals surface area (Å²) in [5.74, 6) is -0.660. The van der Waals surface area contributed by atoms with Gasteiger partial charge in [-0.1, -0.05) is 18.2 Å². The Labute approximate surface area is 133 Å². The van der Waals surface area contributed by atoms with Crippen LogP contribution in [0.25, 0.3) is 10.9 Å². The normalized spacial score (nSPS) is 20.9. The molecule has 1 saturated carbocycles. The maximum Gasteiger partial charge on any atom is 0.326 e. The summed E-state index contributed by atoms with van der Waals surface area (Å²) in [6.45, 7) is 0.505. The Hall–Kier alpha value is -2.43. The first-order valence-electron chi connectivity index (χ1n) is 8.08. The van der Waals surface area contributed by atoms with Crippen LogP contribution in [-0.2, 0) is 4.79 Å². The van der Waals surface area contributed by atoms with Crippen molar-refractivity contribution in [2.75, 3.05) is 6.54 Å². The second kappa shape index (κ2) is 5.33. The minimum absolute atomic E-state index is 0.185. The van der Waals surface area contributed by atoms with Crippen LogP contribution < -0.4 is 0 Å². The summed E-state index contributed by atoms with van der Waals surface area (Å²) < 4.78 is 0. The molecule has 1 amide bonds. The summed E-state index contributed by atoms with van der Waals surface area (Å²) in [5, 5.41) is 10.1. The van der Waals surface area contributed by atoms with Crippen molar-refractivity contribution in [2.45, 2.75) is 37.6 Å². The fourth-order valence-electron chi connectivity index (χ4n) is 3.38. The molecule has 2 heterocycles. The zero-order valence-corrected chi connectivity index (χ0v) is 12.7. The van der Waals surface area contributed by atoms with E-state index in [-0.39, 0.29) is 5.91 Å². The lowest BCUT2D eigenvalue weighted by molar-refractivity contribution is -0.141. The van der Waals surface area contributed by atoms with Gasteiger partial charge in [-0.15, -0.1) is 0 Å². The minimum Gasteiger partial charge on any atom is -0.480 e. The maximum atomic E-state index is 13.0. The number of amides is 1. The van der Waals surface area contributed by atoms with Gasteiger partial charge >= 0.3 is 5.97 Å². The molecule has 2 aromatic rings. The van der Waals surface area contributed by atoms with Crippen molar-refractivity contribution in [3.63, 3.8) is 0 Å². The third kappa shape index (κ3) is 2.46. The number of likely N-dealkylation sites (tertiary alicyclic amines) is 1. The maximum absolute atomic E-state index is 13.0. The van der Waals surface area contributed by atoms with Crippen molar-refractivity contribution in [3.05, 3.63) is 41.6 Å². The topological polar surface area (TPSA) is 70.5 Å². The lowest BCUT2D eigenvalue weighted by Gasteiger charge is -2.22. The van der Waals surface area contributed by atoms with Crippen molar-refractivity contribution in [1.82, 2.24) is 9.88 Å². The Bertz CT molecular complexity index is 798. The van der Waals surface area contributed by atoms with Gasteiger partial charge in [0.1, 0.15) is 6.04 Å². The van der Waals surface area contributed by atoms with Crippen LogP contribution in [0.4, 0.5) is 0 Å². The number of carbonyl (C=O) groups excluding carboxylic acids is 1. The molecule has 1 N–H and O–H groups in total. The zero-order chi connectivity index (χ0) is 16.0. The highest BCUT2D eigenvalue weighted by Gasteiger charge is 2.35. The minimum atomic E-state index is -0.920. The van der Waals surface area contributed by atoms with E-state index in [0.717, 1.165) is 35.9 Å². The predicted octanol–water partition coefficient (Wildman–Crippen LogP) is 2.80. The van der Waals surface area contributed by atoms with Crippen molar-refractivity contribution < 1.29 is 14.7 Å². The van der Waals surface area contributed by atoms with Gasteiger partial charge in [-0.05, 0) is 37.8 Å². The third-order valence-electron chi connectivity index (χ3n) is 4.76. The summed E-state index contributed by atoms with van der Waals surface area (Å²) in [4.78, 5) is 30.6. The Morgan fingerprint density at radius 3 is 2.70 bits per heavy atom. The van der Waals surface area contributed by atoms with Crippen molar-refractivity contribution >= 4 is 22.8 Å². The fraction of sp³-hybridized carbons (Fsp3) is 0.389. The van der Waals surface area contributed by atoms with Crippen LogP contribution in [0.5, 0.6) is 0 Å². The van der Waals surface area contributed by atoms with Gasteiger partial charge in [-0.2, -0.15) is 0 Å². The fourth-order valence-corrected chi connectivity index (χ4v) is 3.38. The van der Waals surface area contributed by atoms with E-state index in [4.69, 9.17) is 0 Å². The largest absolute Gasteiger partial charge is 0.480 e. The summed E-state index contributed by atoms with van der Waals surface area (Å²) in [5.41, 5.74) is 2.36. The highest BCUT2D eigenvalue weighted by Crippen LogP contribution is 2.40. The molecule has 1 saturated heterocycles. The number of aliphatic carboxylic acids is 1. The second-order valence-electron chi connectivity index (χ2n) is 6.38. The summed E-state index contributed by atoms with van der Waals surface area (Å²) >= 11 is 0. The van der Waals surface area contributed by atoms with E-state index in [9.17, 15) is 14.7 Å². The van der Waals surface area contributed by atoms with Crippen LogP contribution in [0, 0.1) is 0 Å². The number of hydrogen-bond donors (Lipinski definition) is 1. The van der Waals surface area contributed by atoms with E-state index in [1.54, 1.807) is 0 Å². The number of rotatable bonds is 3. The van der Waals surface area contributed by atoms with Crippen LogP contribution in [0.15, 0.2) is 30.3 Å². The van der Waals surface area contributed by atoms with Crippen LogP contribution in [0.1, 0.15) is 47.7 Å². The molecule has 5 nitrogen and oxygen atoms in total. The molecule has 1 aliphatic heterocycles. The highest BCUT2D eigenvalue weighted by atomic mass is 16.4. The molecule has 1 aromatic carbocycles. The molecular weight excluding hydrogens is 292 g/mol. The molecule has 118 valence electrons. The van der Waals surface area contributed by atoms with E-state index in [0.29, 0.717) is 24.4 Å². The first kappa shape index (κ1) is 14.2. The molecule has 1 atom stereocenters. The second-order valence-corrected chi connectivity index (χ2v) is 6.38. The number of para-hydroxylation sites is 1. The first-order chi connectivity index (χ1) is 11.1. The van der Waals surface area contributed by atoms with Crippen molar-refractivity contribution in [2.24, 2.45) is 0 Å². The standard InChI is InChI=1S/C18H18N2O3/c21-17(20-9-3-6-16(20)18(22)23)13-10-15(11-7-8-11)19-14-5-2-1-4-12(13)14/h1-2,4-5,10-11,16H,3,6-9H2,(H,22,23)/t16-/m1/s1. The van der Waals surface area contributed by atoms with Gasteiger partial charge in [0.2, 0.25) is 0 Å².